The molecule has 2 aromatic rings. The number of nitrogens with zero attached hydrogens (tertiary/aromatic N) is 3. The van der Waals surface area contributed by atoms with Gasteiger partial charge in [-0.05, 0) is 54.9 Å². The first kappa shape index (κ1) is 23.9. The van der Waals surface area contributed by atoms with Crippen LogP contribution in [0.1, 0.15) is 12.8 Å². The summed E-state index contributed by atoms with van der Waals surface area (Å²) in [6.07, 6.45) is -0.403. The van der Waals surface area contributed by atoms with E-state index in [0.717, 1.165) is 11.9 Å². The third kappa shape index (κ3) is 5.32. The lowest BCUT2D eigenvalue weighted by Crippen LogP contribution is -2.56. The number of aliphatic hydroxyl groups excluding tert-OH is 1. The molecule has 2 aromatic carbocycles. The van der Waals surface area contributed by atoms with Crippen LogP contribution in [0.4, 0.5) is 0 Å². The first-order valence-electron chi connectivity index (χ1n) is 11.0. The molecule has 2 aliphatic heterocycles. The number of benzene rings is 2. The van der Waals surface area contributed by atoms with Crippen molar-refractivity contribution in [2.24, 2.45) is 0 Å². The van der Waals surface area contributed by atoms with E-state index in [0.29, 0.717) is 49.4 Å². The Morgan fingerprint density at radius 2 is 1.76 bits per heavy atom. The number of hydrogen-bond donors (Lipinski definition) is 1. The maximum Gasteiger partial charge on any atom is 0.252 e. The Labute approximate surface area is 198 Å². The van der Waals surface area contributed by atoms with Crippen molar-refractivity contribution in [3.8, 4) is 0 Å². The molecule has 178 valence electrons. The maximum absolute atomic E-state index is 12.9. The number of amides is 2. The number of fused-ring (bicyclic) bond motifs is 1. The zero-order valence-electron chi connectivity index (χ0n) is 18.5. The summed E-state index contributed by atoms with van der Waals surface area (Å²) < 4.78 is 25.7. The highest BCUT2D eigenvalue weighted by Crippen LogP contribution is 2.24. The molecule has 0 unspecified atom stereocenters. The van der Waals surface area contributed by atoms with Gasteiger partial charge in [-0.25, -0.2) is 8.42 Å². The zero-order valence-corrected chi connectivity index (χ0v) is 20.1. The van der Waals surface area contributed by atoms with E-state index in [1.54, 1.807) is 24.3 Å². The number of piperazine rings is 1. The zero-order chi connectivity index (χ0) is 23.8. The summed E-state index contributed by atoms with van der Waals surface area (Å²) >= 11 is 5.98. The number of likely N-dealkylation sites (tertiary alicyclic amines) is 1. The number of hydrogen-bond acceptors (Lipinski definition) is 6. The number of carbonyl (C=O) groups is 2. The summed E-state index contributed by atoms with van der Waals surface area (Å²) in [5, 5.41) is 12.5. The standard InChI is InChI=1S/C23H28ClN3O5S/c1-25-10-11-27(22(29)14-25)19-6-8-26(9-7-19)23(30)21(28)15-33(31,32)20-5-3-16-12-18(24)4-2-17(16)13-20/h2-5,12-13,19,21,28H,6-11,14-15H2,1H3/t21-/m1/s1. The van der Waals surface area contributed by atoms with Gasteiger partial charge in [-0.3, -0.25) is 14.5 Å². The fourth-order valence-electron chi connectivity index (χ4n) is 4.56. The van der Waals surface area contributed by atoms with Gasteiger partial charge in [0.2, 0.25) is 5.91 Å². The molecular formula is C23H28ClN3O5S. The van der Waals surface area contributed by atoms with E-state index >= 15 is 0 Å². The van der Waals surface area contributed by atoms with Gasteiger partial charge in [0, 0.05) is 37.2 Å². The molecule has 2 saturated heterocycles. The monoisotopic (exact) mass is 493 g/mol. The largest absolute Gasteiger partial charge is 0.382 e. The van der Waals surface area contributed by atoms with Gasteiger partial charge in [0.05, 0.1) is 17.2 Å². The summed E-state index contributed by atoms with van der Waals surface area (Å²) in [6.45, 7) is 2.67. The molecule has 2 fully saturated rings. The molecular weight excluding hydrogens is 466 g/mol. The van der Waals surface area contributed by atoms with Crippen LogP contribution in [0.2, 0.25) is 5.02 Å². The van der Waals surface area contributed by atoms with Crippen molar-refractivity contribution in [3.05, 3.63) is 41.4 Å². The van der Waals surface area contributed by atoms with Gasteiger partial charge in [0.25, 0.3) is 5.91 Å². The Bertz CT molecular complexity index is 1160. The summed E-state index contributed by atoms with van der Waals surface area (Å²) in [5.41, 5.74) is 0. The predicted molar refractivity (Wildman–Crippen MR) is 126 cm³/mol. The topological polar surface area (TPSA) is 98.2 Å². The van der Waals surface area contributed by atoms with Crippen molar-refractivity contribution in [2.45, 2.75) is 29.9 Å². The molecule has 0 bridgehead atoms. The molecule has 33 heavy (non-hydrogen) atoms. The molecule has 2 heterocycles. The number of aliphatic hydroxyl groups is 1. The van der Waals surface area contributed by atoms with Crippen LogP contribution in [-0.4, -0.2) is 97.7 Å². The molecule has 0 aliphatic carbocycles. The van der Waals surface area contributed by atoms with Gasteiger partial charge in [-0.1, -0.05) is 23.7 Å². The lowest BCUT2D eigenvalue weighted by Gasteiger charge is -2.42. The van der Waals surface area contributed by atoms with Gasteiger partial charge in [-0.15, -0.1) is 0 Å². The molecule has 10 heteroatoms. The normalized spacial score (nSPS) is 19.8. The minimum absolute atomic E-state index is 0.0523. The molecule has 4 rings (SSSR count). The summed E-state index contributed by atoms with van der Waals surface area (Å²) in [4.78, 5) is 30.5. The van der Waals surface area contributed by atoms with Crippen LogP contribution in [0.3, 0.4) is 0 Å². The molecule has 0 radical (unpaired) electrons. The van der Waals surface area contributed by atoms with E-state index in [1.165, 1.54) is 17.0 Å². The molecule has 8 nitrogen and oxygen atoms in total. The van der Waals surface area contributed by atoms with Crippen LogP contribution in [-0.2, 0) is 19.4 Å². The van der Waals surface area contributed by atoms with E-state index in [2.05, 4.69) is 0 Å². The fourth-order valence-corrected chi connectivity index (χ4v) is 6.08. The summed E-state index contributed by atoms with van der Waals surface area (Å²) in [6, 6.07) is 9.87. The SMILES string of the molecule is CN1CCN(C2CCN(C(=O)[C@H](O)CS(=O)(=O)c3ccc4cc(Cl)ccc4c3)CC2)C(=O)C1. The van der Waals surface area contributed by atoms with Crippen molar-refractivity contribution < 1.29 is 23.1 Å². The molecule has 2 aliphatic rings. The third-order valence-corrected chi connectivity index (χ3v) is 8.42. The molecule has 0 aromatic heterocycles. The third-order valence-electron chi connectivity index (χ3n) is 6.46. The van der Waals surface area contributed by atoms with Crippen LogP contribution >= 0.6 is 11.6 Å². The van der Waals surface area contributed by atoms with Crippen LogP contribution in [0.15, 0.2) is 41.3 Å². The second kappa shape index (κ2) is 9.58. The average molecular weight is 494 g/mol. The second-order valence-electron chi connectivity index (χ2n) is 8.83. The predicted octanol–water partition coefficient (Wildman–Crippen LogP) is 1.39. The number of rotatable bonds is 5. The molecule has 2 amide bonds. The quantitative estimate of drug-likeness (QED) is 0.676. The smallest absolute Gasteiger partial charge is 0.252 e. The van der Waals surface area contributed by atoms with E-state index < -0.39 is 27.6 Å². The first-order chi connectivity index (χ1) is 15.6. The van der Waals surface area contributed by atoms with Crippen molar-refractivity contribution in [1.82, 2.24) is 14.7 Å². The van der Waals surface area contributed by atoms with Gasteiger partial charge in [0.1, 0.15) is 6.10 Å². The van der Waals surface area contributed by atoms with Crippen LogP contribution in [0.25, 0.3) is 10.8 Å². The highest BCUT2D eigenvalue weighted by molar-refractivity contribution is 7.91. The van der Waals surface area contributed by atoms with E-state index in [-0.39, 0.29) is 16.8 Å². The van der Waals surface area contributed by atoms with E-state index in [4.69, 9.17) is 11.6 Å². The number of piperidine rings is 1. The number of halogens is 1. The fraction of sp³-hybridized carbons (Fsp3) is 0.478. The maximum atomic E-state index is 12.9. The number of carbonyl (C=O) groups excluding carboxylic acids is 2. The average Bonchev–Trinajstić information content (AvgIpc) is 2.78. The molecule has 0 spiro atoms. The van der Waals surface area contributed by atoms with Crippen LogP contribution in [0, 0.1) is 0 Å². The van der Waals surface area contributed by atoms with Crippen molar-refractivity contribution in [1.29, 1.82) is 0 Å². The van der Waals surface area contributed by atoms with Gasteiger partial charge >= 0.3 is 0 Å². The van der Waals surface area contributed by atoms with E-state index in [9.17, 15) is 23.1 Å². The second-order valence-corrected chi connectivity index (χ2v) is 11.3. The van der Waals surface area contributed by atoms with Crippen LogP contribution in [0.5, 0.6) is 0 Å². The Morgan fingerprint density at radius 1 is 1.09 bits per heavy atom. The Hall–Kier alpha value is -2.20. The van der Waals surface area contributed by atoms with E-state index in [1.807, 2.05) is 16.8 Å². The Balaban J connectivity index is 1.36. The summed E-state index contributed by atoms with van der Waals surface area (Å²) in [5.74, 6) is -1.17. The minimum atomic E-state index is -3.87. The highest BCUT2D eigenvalue weighted by atomic mass is 35.5. The van der Waals surface area contributed by atoms with Crippen molar-refractivity contribution in [2.75, 3.05) is 45.5 Å². The minimum Gasteiger partial charge on any atom is -0.382 e. The molecule has 0 saturated carbocycles. The van der Waals surface area contributed by atoms with Crippen LogP contribution < -0.4 is 0 Å². The Morgan fingerprint density at radius 3 is 2.45 bits per heavy atom. The van der Waals surface area contributed by atoms with Gasteiger partial charge in [-0.2, -0.15) is 0 Å². The lowest BCUT2D eigenvalue weighted by molar-refractivity contribution is -0.143. The molecule has 1 N–H and O–H groups in total. The van der Waals surface area contributed by atoms with Gasteiger partial charge < -0.3 is 14.9 Å². The van der Waals surface area contributed by atoms with Crippen molar-refractivity contribution in [3.63, 3.8) is 0 Å². The highest BCUT2D eigenvalue weighted by Gasteiger charge is 2.34. The summed E-state index contributed by atoms with van der Waals surface area (Å²) in [7, 11) is -1.96. The first-order valence-corrected chi connectivity index (χ1v) is 13.0. The number of likely N-dealkylation sites (N-methyl/N-ethyl adjacent to an activating group) is 1. The number of sulfone groups is 1. The molecule has 1 atom stereocenters. The van der Waals surface area contributed by atoms with Gasteiger partial charge in [0.15, 0.2) is 9.84 Å². The van der Waals surface area contributed by atoms with Crippen molar-refractivity contribution >= 4 is 44.0 Å². The Kier molecular flexibility index (Phi) is 6.95. The lowest BCUT2D eigenvalue weighted by atomic mass is 10.0.